The first-order valence-corrected chi connectivity index (χ1v) is 9.53. The largest absolute Gasteiger partial charge is 0.457 e. The first-order valence-electron chi connectivity index (χ1n) is 9.15. The molecule has 2 aliphatic rings. The van der Waals surface area contributed by atoms with E-state index in [9.17, 15) is 9.18 Å². The van der Waals surface area contributed by atoms with Gasteiger partial charge in [0.25, 0.3) is 0 Å². The lowest BCUT2D eigenvalue weighted by Crippen LogP contribution is -2.40. The Morgan fingerprint density at radius 1 is 1.11 bits per heavy atom. The molecule has 2 unspecified atom stereocenters. The van der Waals surface area contributed by atoms with Crippen LogP contribution in [0.25, 0.3) is 0 Å². The van der Waals surface area contributed by atoms with Gasteiger partial charge in [0.1, 0.15) is 23.8 Å². The third-order valence-corrected chi connectivity index (χ3v) is 5.10. The minimum atomic E-state index is -1.02. The Kier molecular flexibility index (Phi) is 5.20. The number of anilines is 1. The van der Waals surface area contributed by atoms with Gasteiger partial charge in [-0.15, -0.1) is 0 Å². The predicted octanol–water partition coefficient (Wildman–Crippen LogP) is 5.01. The van der Waals surface area contributed by atoms with Gasteiger partial charge in [0.05, 0.1) is 6.04 Å². The van der Waals surface area contributed by atoms with Crippen molar-refractivity contribution >= 4 is 23.2 Å². The van der Waals surface area contributed by atoms with Crippen LogP contribution in [-0.2, 0) is 4.79 Å². The van der Waals surface area contributed by atoms with Crippen LogP contribution in [0.1, 0.15) is 13.3 Å². The molecule has 1 saturated heterocycles. The van der Waals surface area contributed by atoms with E-state index in [4.69, 9.17) is 16.3 Å². The van der Waals surface area contributed by atoms with E-state index in [1.54, 1.807) is 35.2 Å². The predicted molar refractivity (Wildman–Crippen MR) is 109 cm³/mol. The number of benzene rings is 2. The summed E-state index contributed by atoms with van der Waals surface area (Å²) in [4.78, 5) is 14.4. The topological polar surface area (TPSA) is 41.6 Å². The van der Waals surface area contributed by atoms with Gasteiger partial charge in [-0.25, -0.2) is 4.39 Å². The molecule has 1 fully saturated rings. The summed E-state index contributed by atoms with van der Waals surface area (Å²) < 4.78 is 19.6. The van der Waals surface area contributed by atoms with Crippen molar-refractivity contribution in [2.45, 2.75) is 31.7 Å². The average molecular weight is 399 g/mol. The minimum Gasteiger partial charge on any atom is -0.457 e. The molecule has 1 aliphatic carbocycles. The van der Waals surface area contributed by atoms with Crippen molar-refractivity contribution in [1.82, 2.24) is 5.32 Å². The Labute approximate surface area is 168 Å². The number of carbonyl (C=O) groups is 1. The Morgan fingerprint density at radius 3 is 2.39 bits per heavy atom. The van der Waals surface area contributed by atoms with Crippen molar-refractivity contribution in [2.75, 3.05) is 4.90 Å². The van der Waals surface area contributed by atoms with Crippen molar-refractivity contribution in [3.8, 4) is 11.5 Å². The van der Waals surface area contributed by atoms with Crippen LogP contribution in [0.3, 0.4) is 0 Å². The molecule has 1 heterocycles. The minimum absolute atomic E-state index is 0.0396. The van der Waals surface area contributed by atoms with Crippen LogP contribution >= 0.6 is 11.6 Å². The van der Waals surface area contributed by atoms with Gasteiger partial charge in [0.2, 0.25) is 5.91 Å². The highest BCUT2D eigenvalue weighted by Gasteiger charge is 2.39. The molecular weight excluding hydrogens is 379 g/mol. The molecule has 0 radical (unpaired) electrons. The number of allylic oxidation sites excluding steroid dienone is 3. The number of halogens is 2. The smallest absolute Gasteiger partial charge is 0.245 e. The van der Waals surface area contributed by atoms with Crippen molar-refractivity contribution in [1.29, 1.82) is 0 Å². The second-order valence-electron chi connectivity index (χ2n) is 6.90. The lowest BCUT2D eigenvalue weighted by Gasteiger charge is -2.28. The highest BCUT2D eigenvalue weighted by Crippen LogP contribution is 2.31. The summed E-state index contributed by atoms with van der Waals surface area (Å²) in [5.74, 6) is 1.29. The fraction of sp³-hybridized carbons (Fsp3) is 0.227. The van der Waals surface area contributed by atoms with Crippen LogP contribution in [-0.4, -0.2) is 24.3 Å². The number of ether oxygens (including phenoxy) is 1. The second-order valence-corrected chi connectivity index (χ2v) is 7.33. The summed E-state index contributed by atoms with van der Waals surface area (Å²) in [5.41, 5.74) is 1.59. The molecule has 1 amide bonds. The van der Waals surface area contributed by atoms with Gasteiger partial charge >= 0.3 is 0 Å². The number of hydrogen-bond acceptors (Lipinski definition) is 3. The number of rotatable bonds is 4. The number of hydrogen-bond donors (Lipinski definition) is 1. The number of carbonyl (C=O) groups excluding carboxylic acids is 1. The lowest BCUT2D eigenvalue weighted by molar-refractivity contribution is -0.118. The average Bonchev–Trinajstić information content (AvgIpc) is 2.99. The van der Waals surface area contributed by atoms with Gasteiger partial charge < -0.3 is 4.74 Å². The summed E-state index contributed by atoms with van der Waals surface area (Å²) in [7, 11) is 0. The molecule has 2 aromatic carbocycles. The standard InChI is InChI=1S/C22H20ClFN2O2/c1-14-22(27)26(21(25-14)15-3-2-4-17(24)13-15)18-7-11-20(12-8-18)28-19-9-5-16(23)6-10-19/h2-12,14,17,21,25H,13H2,1H3/t14-,17?,21?/m0/s1. The molecule has 2 aromatic rings. The van der Waals surface area contributed by atoms with E-state index in [-0.39, 0.29) is 24.5 Å². The molecular formula is C22H20ClFN2O2. The van der Waals surface area contributed by atoms with Gasteiger partial charge in [-0.1, -0.05) is 29.8 Å². The number of nitrogens with one attached hydrogen (secondary N) is 1. The molecule has 0 saturated carbocycles. The zero-order valence-corrected chi connectivity index (χ0v) is 16.1. The summed E-state index contributed by atoms with van der Waals surface area (Å²) in [6.45, 7) is 1.82. The van der Waals surface area contributed by atoms with E-state index in [0.717, 1.165) is 11.3 Å². The number of alkyl halides is 1. The lowest BCUT2D eigenvalue weighted by atomic mass is 10.0. The molecule has 144 valence electrons. The second kappa shape index (κ2) is 7.78. The number of nitrogens with zero attached hydrogens (tertiary/aromatic N) is 1. The van der Waals surface area contributed by atoms with Crippen LogP contribution in [0.4, 0.5) is 10.1 Å². The summed E-state index contributed by atoms with van der Waals surface area (Å²) in [5, 5.41) is 3.91. The third kappa shape index (κ3) is 3.81. The first kappa shape index (κ1) is 18.7. The number of amides is 1. The maximum absolute atomic E-state index is 13.8. The van der Waals surface area contributed by atoms with E-state index in [1.165, 1.54) is 6.08 Å². The zero-order valence-electron chi connectivity index (χ0n) is 15.3. The van der Waals surface area contributed by atoms with Gasteiger partial charge in [-0.3, -0.25) is 15.0 Å². The molecule has 0 aromatic heterocycles. The van der Waals surface area contributed by atoms with Crippen molar-refractivity contribution in [3.63, 3.8) is 0 Å². The van der Waals surface area contributed by atoms with E-state index in [2.05, 4.69) is 5.32 Å². The molecule has 0 bridgehead atoms. The maximum Gasteiger partial charge on any atom is 0.245 e. The molecule has 28 heavy (non-hydrogen) atoms. The van der Waals surface area contributed by atoms with Crippen LogP contribution < -0.4 is 15.0 Å². The Morgan fingerprint density at radius 2 is 1.75 bits per heavy atom. The van der Waals surface area contributed by atoms with E-state index >= 15 is 0 Å². The molecule has 3 atom stereocenters. The third-order valence-electron chi connectivity index (χ3n) is 4.85. The van der Waals surface area contributed by atoms with Crippen molar-refractivity contribution in [3.05, 3.63) is 77.4 Å². The SMILES string of the molecule is C[C@@H]1NC(C2=CC=CC(F)C2)N(c2ccc(Oc3ccc(Cl)cc3)cc2)C1=O. The molecule has 0 spiro atoms. The van der Waals surface area contributed by atoms with E-state index < -0.39 is 6.17 Å². The van der Waals surface area contributed by atoms with Crippen LogP contribution in [0.5, 0.6) is 11.5 Å². The Hall–Kier alpha value is -2.63. The molecule has 6 heteroatoms. The molecule has 1 aliphatic heterocycles. The highest BCUT2D eigenvalue weighted by atomic mass is 35.5. The quantitative estimate of drug-likeness (QED) is 0.787. The van der Waals surface area contributed by atoms with Crippen molar-refractivity contribution in [2.24, 2.45) is 0 Å². The normalized spacial score (nSPS) is 24.4. The van der Waals surface area contributed by atoms with Crippen LogP contribution in [0, 0.1) is 0 Å². The Balaban J connectivity index is 1.56. The first-order chi connectivity index (χ1) is 13.5. The summed E-state index contributed by atoms with van der Waals surface area (Å²) >= 11 is 5.89. The highest BCUT2D eigenvalue weighted by molar-refractivity contribution is 6.30. The van der Waals surface area contributed by atoms with E-state index in [1.807, 2.05) is 37.3 Å². The fourth-order valence-corrected chi connectivity index (χ4v) is 3.57. The maximum atomic E-state index is 13.8. The van der Waals surface area contributed by atoms with Crippen LogP contribution in [0.2, 0.25) is 5.02 Å². The zero-order chi connectivity index (χ0) is 19.7. The van der Waals surface area contributed by atoms with Gasteiger partial charge in [-0.2, -0.15) is 0 Å². The monoisotopic (exact) mass is 398 g/mol. The fourth-order valence-electron chi connectivity index (χ4n) is 3.44. The molecule has 4 rings (SSSR count). The Bertz CT molecular complexity index is 925. The summed E-state index contributed by atoms with van der Waals surface area (Å²) in [6.07, 6.45) is 4.02. The van der Waals surface area contributed by atoms with Gasteiger partial charge in [0, 0.05) is 17.1 Å². The van der Waals surface area contributed by atoms with E-state index in [0.29, 0.717) is 16.5 Å². The van der Waals surface area contributed by atoms with Crippen LogP contribution in [0.15, 0.2) is 72.3 Å². The molecule has 1 N–H and O–H groups in total. The van der Waals surface area contributed by atoms with Gasteiger partial charge in [-0.05, 0) is 61.0 Å². The summed E-state index contributed by atoms with van der Waals surface area (Å²) in [6, 6.07) is 14.1. The van der Waals surface area contributed by atoms with Gasteiger partial charge in [0.15, 0.2) is 0 Å². The molecule has 4 nitrogen and oxygen atoms in total. The van der Waals surface area contributed by atoms with Crippen molar-refractivity contribution < 1.29 is 13.9 Å².